The summed E-state index contributed by atoms with van der Waals surface area (Å²) in [6.07, 6.45) is 9.19. The Morgan fingerprint density at radius 3 is 2.60 bits per heavy atom. The molecule has 4 aromatic rings. The standard InChI is InChI=1S/C24H26FN7O2S/c1-2-9-30-16-21(14-27-30)35(33,34)31-11-10-29(17-24(31)7-8-24)23-12-18-13-28-32(22(18)15-26-23)20-5-3-19(25)4-6-20/h3-6,12-16H,2,7-11,17H2,1H3. The number of aromatic nitrogens is 5. The van der Waals surface area contributed by atoms with Gasteiger partial charge in [0.1, 0.15) is 16.5 Å². The highest BCUT2D eigenvalue weighted by molar-refractivity contribution is 7.89. The van der Waals surface area contributed by atoms with Gasteiger partial charge in [-0.25, -0.2) is 22.5 Å². The number of rotatable bonds is 6. The molecule has 2 aliphatic rings. The Kier molecular flexibility index (Phi) is 5.15. The van der Waals surface area contributed by atoms with Gasteiger partial charge in [-0.2, -0.15) is 14.5 Å². The van der Waals surface area contributed by atoms with E-state index in [0.29, 0.717) is 26.2 Å². The first-order chi connectivity index (χ1) is 16.9. The van der Waals surface area contributed by atoms with Crippen molar-refractivity contribution in [2.45, 2.75) is 43.2 Å². The topological polar surface area (TPSA) is 89.2 Å². The van der Waals surface area contributed by atoms with Crippen LogP contribution in [-0.4, -0.2) is 62.4 Å². The van der Waals surface area contributed by atoms with E-state index in [1.165, 1.54) is 18.3 Å². The van der Waals surface area contributed by atoms with Gasteiger partial charge in [0.2, 0.25) is 10.0 Å². The maximum absolute atomic E-state index is 13.4. The smallest absolute Gasteiger partial charge is 0.246 e. The predicted molar refractivity (Wildman–Crippen MR) is 129 cm³/mol. The van der Waals surface area contributed by atoms with E-state index in [9.17, 15) is 12.8 Å². The average molecular weight is 496 g/mol. The Hall–Kier alpha value is -3.31. The first-order valence-corrected chi connectivity index (χ1v) is 13.2. The molecule has 0 radical (unpaired) electrons. The van der Waals surface area contributed by atoms with Crippen LogP contribution in [0.5, 0.6) is 0 Å². The van der Waals surface area contributed by atoms with Crippen LogP contribution in [0.15, 0.2) is 60.0 Å². The minimum Gasteiger partial charge on any atom is -0.353 e. The molecule has 1 spiro atoms. The van der Waals surface area contributed by atoms with Crippen molar-refractivity contribution >= 4 is 26.7 Å². The van der Waals surface area contributed by atoms with Crippen LogP contribution in [0.3, 0.4) is 0 Å². The van der Waals surface area contributed by atoms with E-state index >= 15 is 0 Å². The van der Waals surface area contributed by atoms with E-state index in [1.54, 1.807) is 44.4 Å². The summed E-state index contributed by atoms with van der Waals surface area (Å²) in [6.45, 7) is 4.28. The Labute approximate surface area is 202 Å². The van der Waals surface area contributed by atoms with Crippen molar-refractivity contribution in [2.75, 3.05) is 24.5 Å². The minimum atomic E-state index is -3.61. The van der Waals surface area contributed by atoms with Gasteiger partial charge in [0.15, 0.2) is 0 Å². The Morgan fingerprint density at radius 2 is 1.86 bits per heavy atom. The lowest BCUT2D eigenvalue weighted by atomic mass is 10.2. The molecule has 0 unspecified atom stereocenters. The zero-order valence-electron chi connectivity index (χ0n) is 19.4. The van der Waals surface area contributed by atoms with E-state index in [4.69, 9.17) is 0 Å². The fourth-order valence-corrected chi connectivity index (χ4v) is 6.68. The Morgan fingerprint density at radius 1 is 1.06 bits per heavy atom. The molecule has 1 saturated carbocycles. The number of hydrogen-bond acceptors (Lipinski definition) is 6. The summed E-state index contributed by atoms with van der Waals surface area (Å²) in [7, 11) is -3.61. The number of halogens is 1. The number of benzene rings is 1. The number of aryl methyl sites for hydroxylation is 1. The molecule has 0 N–H and O–H groups in total. The molecule has 2 fully saturated rings. The maximum Gasteiger partial charge on any atom is 0.246 e. The van der Waals surface area contributed by atoms with Crippen LogP contribution in [0.2, 0.25) is 0 Å². The van der Waals surface area contributed by atoms with Gasteiger partial charge in [0.05, 0.1) is 35.3 Å². The van der Waals surface area contributed by atoms with Crippen LogP contribution >= 0.6 is 0 Å². The Balaban J connectivity index is 1.24. The molecule has 11 heteroatoms. The molecular weight excluding hydrogens is 469 g/mol. The highest BCUT2D eigenvalue weighted by atomic mass is 32.2. The van der Waals surface area contributed by atoms with Crippen LogP contribution in [0.4, 0.5) is 10.2 Å². The summed E-state index contributed by atoms with van der Waals surface area (Å²) in [4.78, 5) is 7.10. The lowest BCUT2D eigenvalue weighted by Crippen LogP contribution is -2.57. The van der Waals surface area contributed by atoms with Crippen molar-refractivity contribution in [3.8, 4) is 5.69 Å². The quantitative estimate of drug-likeness (QED) is 0.408. The first kappa shape index (κ1) is 22.2. The number of sulfonamides is 1. The second-order valence-corrected chi connectivity index (χ2v) is 11.2. The summed E-state index contributed by atoms with van der Waals surface area (Å²) in [6, 6.07) is 8.15. The number of anilines is 1. The molecule has 35 heavy (non-hydrogen) atoms. The third-order valence-electron chi connectivity index (χ3n) is 6.90. The van der Waals surface area contributed by atoms with Gasteiger partial charge in [-0.05, 0) is 49.6 Å². The van der Waals surface area contributed by atoms with Crippen molar-refractivity contribution in [1.82, 2.24) is 28.9 Å². The molecule has 0 amide bonds. The van der Waals surface area contributed by atoms with Crippen molar-refractivity contribution in [3.05, 3.63) is 60.9 Å². The van der Waals surface area contributed by atoms with Crippen molar-refractivity contribution in [1.29, 1.82) is 0 Å². The van der Waals surface area contributed by atoms with Crippen LogP contribution in [0, 0.1) is 5.82 Å². The number of nitrogens with zero attached hydrogens (tertiary/aromatic N) is 7. The van der Waals surface area contributed by atoms with Gasteiger partial charge < -0.3 is 4.90 Å². The van der Waals surface area contributed by atoms with Crippen LogP contribution in [-0.2, 0) is 16.6 Å². The normalized spacial score (nSPS) is 17.9. The number of pyridine rings is 1. The molecule has 3 aromatic heterocycles. The SMILES string of the molecule is CCCn1cc(S(=O)(=O)N2CCN(c3cc4cnn(-c5ccc(F)cc5)c4cn3)CC23CC3)cn1. The predicted octanol–water partition coefficient (Wildman–Crippen LogP) is 3.21. The zero-order chi connectivity index (χ0) is 24.2. The molecular formula is C24H26FN7O2S. The van der Waals surface area contributed by atoms with Crippen LogP contribution in [0.25, 0.3) is 16.6 Å². The molecule has 0 atom stereocenters. The van der Waals surface area contributed by atoms with E-state index < -0.39 is 15.6 Å². The summed E-state index contributed by atoms with van der Waals surface area (Å²) in [5, 5.41) is 9.59. The zero-order valence-corrected chi connectivity index (χ0v) is 20.2. The molecule has 1 aliphatic carbocycles. The number of hydrogen-bond donors (Lipinski definition) is 0. The van der Waals surface area contributed by atoms with Gasteiger partial charge in [-0.1, -0.05) is 6.92 Å². The van der Waals surface area contributed by atoms with Crippen LogP contribution < -0.4 is 4.90 Å². The molecule has 1 aromatic carbocycles. The monoisotopic (exact) mass is 495 g/mol. The lowest BCUT2D eigenvalue weighted by molar-refractivity contribution is 0.270. The van der Waals surface area contributed by atoms with Crippen molar-refractivity contribution in [2.24, 2.45) is 0 Å². The average Bonchev–Trinajstić information content (AvgIpc) is 3.25. The second kappa shape index (κ2) is 8.13. The summed E-state index contributed by atoms with van der Waals surface area (Å²) in [5.74, 6) is 0.505. The third-order valence-corrected chi connectivity index (χ3v) is 8.86. The van der Waals surface area contributed by atoms with E-state index in [-0.39, 0.29) is 10.7 Å². The van der Waals surface area contributed by atoms with Crippen molar-refractivity contribution < 1.29 is 12.8 Å². The molecule has 6 rings (SSSR count). The van der Waals surface area contributed by atoms with Gasteiger partial charge >= 0.3 is 0 Å². The largest absolute Gasteiger partial charge is 0.353 e. The summed E-state index contributed by atoms with van der Waals surface area (Å²) in [5.41, 5.74) is 1.18. The molecule has 4 heterocycles. The highest BCUT2D eigenvalue weighted by Gasteiger charge is 2.56. The number of fused-ring (bicyclic) bond motifs is 1. The third kappa shape index (κ3) is 3.79. The molecule has 9 nitrogen and oxygen atoms in total. The second-order valence-electron chi connectivity index (χ2n) is 9.30. The maximum atomic E-state index is 13.4. The van der Waals surface area contributed by atoms with E-state index in [1.807, 2.05) is 13.0 Å². The summed E-state index contributed by atoms with van der Waals surface area (Å²) < 4.78 is 45.3. The van der Waals surface area contributed by atoms with Crippen LogP contribution in [0.1, 0.15) is 26.2 Å². The molecule has 0 bridgehead atoms. The molecule has 182 valence electrons. The van der Waals surface area contributed by atoms with Gasteiger partial charge in [-0.15, -0.1) is 0 Å². The van der Waals surface area contributed by atoms with Gasteiger partial charge in [0.25, 0.3) is 0 Å². The first-order valence-electron chi connectivity index (χ1n) is 11.8. The molecule has 1 saturated heterocycles. The highest BCUT2D eigenvalue weighted by Crippen LogP contribution is 2.47. The van der Waals surface area contributed by atoms with Gasteiger partial charge in [0, 0.05) is 37.8 Å². The molecule has 1 aliphatic heterocycles. The van der Waals surface area contributed by atoms with Crippen molar-refractivity contribution in [3.63, 3.8) is 0 Å². The fraction of sp³-hybridized carbons (Fsp3) is 0.375. The fourth-order valence-electron chi connectivity index (χ4n) is 4.92. The minimum absolute atomic E-state index is 0.262. The lowest BCUT2D eigenvalue weighted by Gasteiger charge is -2.41. The summed E-state index contributed by atoms with van der Waals surface area (Å²) >= 11 is 0. The van der Waals surface area contributed by atoms with Gasteiger partial charge in [-0.3, -0.25) is 4.68 Å². The number of piperazine rings is 1. The van der Waals surface area contributed by atoms with E-state index in [2.05, 4.69) is 20.1 Å². The Bertz CT molecular complexity index is 1490. The van der Waals surface area contributed by atoms with E-state index in [0.717, 1.165) is 41.7 Å².